The minimum absolute atomic E-state index is 0.0869. The molecule has 0 radical (unpaired) electrons. The predicted molar refractivity (Wildman–Crippen MR) is 282 cm³/mol. The lowest BCUT2D eigenvalue weighted by Gasteiger charge is -2.26. The minimum Gasteiger partial charge on any atom is -0.309 e. The summed E-state index contributed by atoms with van der Waals surface area (Å²) in [6.45, 7) is 4.73. The van der Waals surface area contributed by atoms with Crippen LogP contribution in [0.3, 0.4) is 0 Å². The van der Waals surface area contributed by atoms with Gasteiger partial charge in [0.1, 0.15) is 0 Å². The van der Waals surface area contributed by atoms with Crippen LogP contribution >= 0.6 is 11.3 Å². The molecule has 66 heavy (non-hydrogen) atoms. The van der Waals surface area contributed by atoms with Gasteiger partial charge in [-0.05, 0) is 122 Å². The van der Waals surface area contributed by atoms with Gasteiger partial charge in [0.05, 0.1) is 21.4 Å². The lowest BCUT2D eigenvalue weighted by molar-refractivity contribution is 0.661. The topological polar surface area (TPSA) is 8.17 Å². The molecule has 2 nitrogen and oxygen atoms in total. The zero-order valence-corrected chi connectivity index (χ0v) is 37.6. The van der Waals surface area contributed by atoms with Gasteiger partial charge in [0, 0.05) is 48.7 Å². The zero-order chi connectivity index (χ0) is 43.9. The largest absolute Gasteiger partial charge is 0.309 e. The molecule has 0 N–H and O–H groups in total. The highest BCUT2D eigenvalue weighted by molar-refractivity contribution is 7.27. The number of thiophene rings is 1. The Morgan fingerprint density at radius 2 is 0.909 bits per heavy atom. The van der Waals surface area contributed by atoms with Crippen LogP contribution in [-0.2, 0) is 5.41 Å². The highest BCUT2D eigenvalue weighted by Gasteiger charge is 2.36. The highest BCUT2D eigenvalue weighted by Crippen LogP contribution is 2.52. The van der Waals surface area contributed by atoms with Crippen molar-refractivity contribution >= 4 is 70.4 Å². The summed E-state index contributed by atoms with van der Waals surface area (Å²) in [7, 11) is 0. The lowest BCUT2D eigenvalue weighted by Crippen LogP contribution is -2.14. The molecule has 1 aliphatic rings. The summed E-state index contributed by atoms with van der Waals surface area (Å²) in [4.78, 5) is 2.44. The molecule has 312 valence electrons. The average Bonchev–Trinajstić information content (AvgIpc) is 4.00. The molecule has 0 saturated carbocycles. The number of anilines is 3. The van der Waals surface area contributed by atoms with E-state index in [1.807, 2.05) is 11.3 Å². The molecule has 0 atom stereocenters. The lowest BCUT2D eigenvalue weighted by atomic mass is 9.82. The van der Waals surface area contributed by atoms with E-state index in [2.05, 4.69) is 254 Å². The molecule has 0 spiro atoms. The number of nitrogens with zero attached hydrogens (tertiary/aromatic N) is 2. The van der Waals surface area contributed by atoms with Gasteiger partial charge in [0.15, 0.2) is 0 Å². The Hall–Kier alpha value is -7.98. The van der Waals surface area contributed by atoms with Gasteiger partial charge in [-0.3, -0.25) is 0 Å². The number of para-hydroxylation sites is 1. The van der Waals surface area contributed by atoms with Crippen LogP contribution in [0.15, 0.2) is 231 Å². The second-order valence-electron chi connectivity index (χ2n) is 18.1. The van der Waals surface area contributed by atoms with Crippen molar-refractivity contribution in [2.45, 2.75) is 19.3 Å². The molecule has 0 aliphatic heterocycles. The van der Waals surface area contributed by atoms with E-state index in [1.54, 1.807) is 0 Å². The van der Waals surface area contributed by atoms with Crippen molar-refractivity contribution in [3.8, 4) is 50.2 Å². The van der Waals surface area contributed by atoms with Crippen molar-refractivity contribution in [1.82, 2.24) is 4.57 Å². The molecule has 0 bridgehead atoms. The number of rotatable bonds is 7. The van der Waals surface area contributed by atoms with Crippen LogP contribution in [0.5, 0.6) is 0 Å². The Labute approximate surface area is 388 Å². The van der Waals surface area contributed by atoms with Gasteiger partial charge >= 0.3 is 0 Å². The van der Waals surface area contributed by atoms with Crippen molar-refractivity contribution in [2.75, 3.05) is 4.90 Å². The summed E-state index contributed by atoms with van der Waals surface area (Å²) in [5.41, 5.74) is 19.7. The first-order valence-corrected chi connectivity index (χ1v) is 23.6. The predicted octanol–water partition coefficient (Wildman–Crippen LogP) is 17.9. The zero-order valence-electron chi connectivity index (χ0n) is 36.7. The summed E-state index contributed by atoms with van der Waals surface area (Å²) < 4.78 is 5.03. The van der Waals surface area contributed by atoms with Crippen LogP contribution in [0, 0.1) is 0 Å². The Bertz CT molecular complexity index is 3810. The Morgan fingerprint density at radius 3 is 1.62 bits per heavy atom. The molecule has 3 heteroatoms. The van der Waals surface area contributed by atoms with Crippen molar-refractivity contribution in [3.05, 3.63) is 242 Å². The second kappa shape index (κ2) is 15.1. The quantitative estimate of drug-likeness (QED) is 0.155. The van der Waals surface area contributed by atoms with Crippen LogP contribution in [0.25, 0.3) is 92.2 Å². The van der Waals surface area contributed by atoms with E-state index >= 15 is 0 Å². The molecular weight excluding hydrogens is 817 g/mol. The second-order valence-corrected chi connectivity index (χ2v) is 19.1. The molecule has 2 aromatic heterocycles. The fourth-order valence-corrected chi connectivity index (χ4v) is 12.1. The first-order valence-electron chi connectivity index (χ1n) is 22.8. The van der Waals surface area contributed by atoms with Crippen molar-refractivity contribution in [1.29, 1.82) is 0 Å². The molecule has 1 aliphatic carbocycles. The van der Waals surface area contributed by atoms with E-state index in [0.717, 1.165) is 11.4 Å². The van der Waals surface area contributed by atoms with Crippen molar-refractivity contribution in [2.24, 2.45) is 0 Å². The average molecular weight is 861 g/mol. The third kappa shape index (κ3) is 6.01. The fourth-order valence-electron chi connectivity index (χ4n) is 10.7. The third-order valence-corrected chi connectivity index (χ3v) is 15.3. The van der Waals surface area contributed by atoms with Gasteiger partial charge in [-0.2, -0.15) is 0 Å². The van der Waals surface area contributed by atoms with Crippen LogP contribution in [0.1, 0.15) is 25.0 Å². The molecule has 0 saturated heterocycles. The molecule has 0 fully saturated rings. The molecule has 2 heterocycles. The maximum Gasteiger partial charge on any atom is 0.0640 e. The summed E-state index contributed by atoms with van der Waals surface area (Å²) in [5.74, 6) is 0. The van der Waals surface area contributed by atoms with Gasteiger partial charge in [0.2, 0.25) is 0 Å². The maximum atomic E-state index is 2.46. The molecule has 13 rings (SSSR count). The Morgan fingerprint density at radius 1 is 0.364 bits per heavy atom. The monoisotopic (exact) mass is 860 g/mol. The standard InChI is InChI=1S/C63H44N2S/c1-63(2)56-26-13-12-22-50(56)53-39-55-54-38-45(32-37-58(54)65(60(55)40-57(53)63)46-20-10-5-11-21-46)43-30-35-48(36-31-43)64(47-33-28-42(29-34-47)41-16-6-3-7-17-41)59-27-15-25-52-51-24-14-23-49(61(51)66-62(52)59)44-18-8-4-9-19-44/h3-40H,1-2H3. The summed E-state index contributed by atoms with van der Waals surface area (Å²) in [5, 5.41) is 5.09. The summed E-state index contributed by atoms with van der Waals surface area (Å²) in [6, 6.07) is 84.9. The van der Waals surface area contributed by atoms with Crippen LogP contribution in [-0.4, -0.2) is 4.57 Å². The first kappa shape index (κ1) is 38.5. The highest BCUT2D eigenvalue weighted by atomic mass is 32.1. The SMILES string of the molecule is CC1(C)c2ccccc2-c2cc3c4cc(-c5ccc(N(c6ccc(-c7ccccc7)cc6)c6cccc7c6sc6c(-c8ccccc8)cccc67)cc5)ccc4n(-c4ccccc4)c3cc21. The molecular formula is C63H44N2S. The van der Waals surface area contributed by atoms with Gasteiger partial charge in [-0.1, -0.05) is 178 Å². The van der Waals surface area contributed by atoms with Gasteiger partial charge in [-0.25, -0.2) is 0 Å². The molecule has 0 amide bonds. The van der Waals surface area contributed by atoms with Crippen LogP contribution in [0.2, 0.25) is 0 Å². The maximum absolute atomic E-state index is 2.46. The third-order valence-electron chi connectivity index (χ3n) is 14.0. The Balaban J connectivity index is 0.959. The number of benzene rings is 10. The van der Waals surface area contributed by atoms with Gasteiger partial charge in [-0.15, -0.1) is 11.3 Å². The number of aromatic nitrogens is 1. The van der Waals surface area contributed by atoms with Crippen molar-refractivity contribution in [3.63, 3.8) is 0 Å². The Kier molecular flexibility index (Phi) is 8.78. The minimum atomic E-state index is -0.0869. The van der Waals surface area contributed by atoms with E-state index in [-0.39, 0.29) is 5.41 Å². The molecule has 12 aromatic rings. The molecule has 10 aromatic carbocycles. The smallest absolute Gasteiger partial charge is 0.0640 e. The number of fused-ring (bicyclic) bond motifs is 9. The van der Waals surface area contributed by atoms with Gasteiger partial charge in [0.25, 0.3) is 0 Å². The van der Waals surface area contributed by atoms with E-state index < -0.39 is 0 Å². The van der Waals surface area contributed by atoms with E-state index in [9.17, 15) is 0 Å². The van der Waals surface area contributed by atoms with E-state index in [0.29, 0.717) is 0 Å². The van der Waals surface area contributed by atoms with Crippen LogP contribution in [0.4, 0.5) is 17.1 Å². The normalized spacial score (nSPS) is 12.8. The summed E-state index contributed by atoms with van der Waals surface area (Å²) in [6.07, 6.45) is 0. The van der Waals surface area contributed by atoms with Crippen LogP contribution < -0.4 is 4.90 Å². The number of hydrogen-bond donors (Lipinski definition) is 0. The van der Waals surface area contributed by atoms with E-state index in [1.165, 1.54) is 109 Å². The summed E-state index contributed by atoms with van der Waals surface area (Å²) >= 11 is 1.89. The van der Waals surface area contributed by atoms with Gasteiger partial charge < -0.3 is 9.47 Å². The number of hydrogen-bond acceptors (Lipinski definition) is 2. The van der Waals surface area contributed by atoms with Crippen molar-refractivity contribution < 1.29 is 0 Å². The first-order chi connectivity index (χ1) is 32.5. The molecule has 0 unspecified atom stereocenters. The van der Waals surface area contributed by atoms with E-state index in [4.69, 9.17) is 0 Å². The fraction of sp³-hybridized carbons (Fsp3) is 0.0476.